The van der Waals surface area contributed by atoms with Crippen LogP contribution in [0.2, 0.25) is 0 Å². The lowest BCUT2D eigenvalue weighted by atomic mass is 10.0. The number of rotatable bonds is 2. The van der Waals surface area contributed by atoms with Crippen molar-refractivity contribution < 1.29 is 8.78 Å². The largest absolute Gasteiger partial charge is 0.347 e. The van der Waals surface area contributed by atoms with Crippen molar-refractivity contribution in [2.45, 2.75) is 57.8 Å². The summed E-state index contributed by atoms with van der Waals surface area (Å²) in [6.07, 6.45) is 0.308. The lowest BCUT2D eigenvalue weighted by Gasteiger charge is -2.15. The van der Waals surface area contributed by atoms with Crippen molar-refractivity contribution in [3.05, 3.63) is 21.7 Å². The second-order valence-electron chi connectivity index (χ2n) is 5.42. The van der Waals surface area contributed by atoms with Gasteiger partial charge in [0.1, 0.15) is 10.5 Å². The van der Waals surface area contributed by atoms with Crippen molar-refractivity contribution in [2.24, 2.45) is 0 Å². The van der Waals surface area contributed by atoms with E-state index in [0.717, 1.165) is 11.3 Å². The van der Waals surface area contributed by atoms with Crippen LogP contribution >= 0.6 is 12.2 Å². The predicted octanol–water partition coefficient (Wildman–Crippen LogP) is 4.47. The van der Waals surface area contributed by atoms with Gasteiger partial charge in [-0.1, -0.05) is 26.1 Å². The molecule has 0 spiro atoms. The second kappa shape index (κ2) is 4.68. The first-order valence-electron chi connectivity index (χ1n) is 6.28. The Morgan fingerprint density at radius 3 is 2.56 bits per heavy atom. The Kier molecular flexibility index (Phi) is 3.54. The number of nitrogens with one attached hydrogen (secondary N) is 1. The molecule has 1 aromatic rings. The lowest BCUT2D eigenvalue weighted by Crippen LogP contribution is -2.11. The van der Waals surface area contributed by atoms with Crippen LogP contribution in [0.1, 0.15) is 62.0 Å². The first-order chi connectivity index (χ1) is 8.30. The van der Waals surface area contributed by atoms with E-state index in [0.29, 0.717) is 22.8 Å². The maximum atomic E-state index is 13.2. The molecule has 1 aromatic heterocycles. The van der Waals surface area contributed by atoms with Crippen LogP contribution in [0.3, 0.4) is 0 Å². The average molecular weight is 272 g/mol. The normalized spacial score (nSPS) is 22.7. The first kappa shape index (κ1) is 13.6. The minimum absolute atomic E-state index is 0.0507. The van der Waals surface area contributed by atoms with E-state index >= 15 is 0 Å². The summed E-state index contributed by atoms with van der Waals surface area (Å²) in [7, 11) is 0. The highest BCUT2D eigenvalue weighted by Crippen LogP contribution is 2.43. The van der Waals surface area contributed by atoms with E-state index in [1.54, 1.807) is 0 Å². The molecule has 100 valence electrons. The van der Waals surface area contributed by atoms with Gasteiger partial charge in [-0.3, -0.25) is 0 Å². The molecule has 2 nitrogen and oxygen atoms in total. The van der Waals surface area contributed by atoms with Gasteiger partial charge in [0.2, 0.25) is 5.92 Å². The summed E-state index contributed by atoms with van der Waals surface area (Å²) < 4.78 is 27.0. The van der Waals surface area contributed by atoms with Gasteiger partial charge in [0.05, 0.1) is 0 Å². The molecular weight excluding hydrogens is 254 g/mol. The van der Waals surface area contributed by atoms with Gasteiger partial charge in [-0.2, -0.15) is 0 Å². The van der Waals surface area contributed by atoms with Crippen molar-refractivity contribution >= 4 is 12.2 Å². The van der Waals surface area contributed by atoms with Gasteiger partial charge in [0.15, 0.2) is 0 Å². The standard InChI is InChI=1S/C13H18F2N2S/c1-7(2)10-8(3)16-11(17-12(10)18)9-4-5-13(14,15)6-9/h7,9H,4-6H2,1-3H3,(H,16,17,18). The highest BCUT2D eigenvalue weighted by Gasteiger charge is 2.41. The molecule has 1 fully saturated rings. The van der Waals surface area contributed by atoms with Gasteiger partial charge < -0.3 is 4.98 Å². The molecule has 1 atom stereocenters. The lowest BCUT2D eigenvalue weighted by molar-refractivity contribution is 0.00753. The Morgan fingerprint density at radius 2 is 2.11 bits per heavy atom. The number of aromatic nitrogens is 2. The minimum atomic E-state index is -2.55. The highest BCUT2D eigenvalue weighted by atomic mass is 32.1. The molecular formula is C13H18F2N2S. The van der Waals surface area contributed by atoms with Gasteiger partial charge in [0.25, 0.3) is 0 Å². The topological polar surface area (TPSA) is 28.7 Å². The summed E-state index contributed by atoms with van der Waals surface area (Å²) in [6.45, 7) is 6.04. The summed E-state index contributed by atoms with van der Waals surface area (Å²) in [6, 6.07) is 0. The number of aromatic amines is 1. The number of aryl methyl sites for hydroxylation is 1. The Balaban J connectivity index is 2.35. The third-order valence-electron chi connectivity index (χ3n) is 3.54. The molecule has 1 aliphatic rings. The Labute approximate surface area is 111 Å². The van der Waals surface area contributed by atoms with Crippen molar-refractivity contribution in [1.29, 1.82) is 0 Å². The van der Waals surface area contributed by atoms with E-state index in [2.05, 4.69) is 23.8 Å². The van der Waals surface area contributed by atoms with Gasteiger partial charge in [-0.25, -0.2) is 13.8 Å². The molecule has 0 amide bonds. The van der Waals surface area contributed by atoms with Crippen LogP contribution in [-0.4, -0.2) is 15.9 Å². The molecule has 1 aliphatic carbocycles. The average Bonchev–Trinajstić information content (AvgIpc) is 2.57. The van der Waals surface area contributed by atoms with Crippen LogP contribution < -0.4 is 0 Å². The fourth-order valence-electron chi connectivity index (χ4n) is 2.67. The Bertz CT molecular complexity index is 508. The SMILES string of the molecule is Cc1[nH]c(C2CCC(F)(F)C2)nc(=S)c1C(C)C. The minimum Gasteiger partial charge on any atom is -0.347 e. The number of hydrogen-bond donors (Lipinski definition) is 1. The summed E-state index contributed by atoms with van der Waals surface area (Å²) in [5.74, 6) is -1.83. The van der Waals surface area contributed by atoms with Crippen LogP contribution in [-0.2, 0) is 0 Å². The molecule has 1 unspecified atom stereocenters. The van der Waals surface area contributed by atoms with E-state index in [1.165, 1.54) is 0 Å². The summed E-state index contributed by atoms with van der Waals surface area (Å²) >= 11 is 5.28. The summed E-state index contributed by atoms with van der Waals surface area (Å²) in [4.78, 5) is 7.50. The molecule has 18 heavy (non-hydrogen) atoms. The third-order valence-corrected chi connectivity index (χ3v) is 3.85. The molecule has 1 saturated carbocycles. The number of nitrogens with zero attached hydrogens (tertiary/aromatic N) is 1. The molecule has 2 rings (SSSR count). The Morgan fingerprint density at radius 1 is 1.44 bits per heavy atom. The third kappa shape index (κ3) is 2.60. The highest BCUT2D eigenvalue weighted by molar-refractivity contribution is 7.71. The van der Waals surface area contributed by atoms with E-state index in [1.807, 2.05) is 6.92 Å². The number of hydrogen-bond acceptors (Lipinski definition) is 2. The first-order valence-corrected chi connectivity index (χ1v) is 6.69. The Hall–Kier alpha value is -0.840. The van der Waals surface area contributed by atoms with Crippen molar-refractivity contribution in [3.63, 3.8) is 0 Å². The van der Waals surface area contributed by atoms with Crippen molar-refractivity contribution in [3.8, 4) is 0 Å². The number of alkyl halides is 2. The maximum absolute atomic E-state index is 13.2. The van der Waals surface area contributed by atoms with E-state index in [-0.39, 0.29) is 18.8 Å². The van der Waals surface area contributed by atoms with Gasteiger partial charge in [0, 0.05) is 30.0 Å². The molecule has 0 bridgehead atoms. The monoisotopic (exact) mass is 272 g/mol. The smallest absolute Gasteiger partial charge is 0.248 e. The zero-order chi connectivity index (χ0) is 13.5. The zero-order valence-corrected chi connectivity index (χ0v) is 11.7. The van der Waals surface area contributed by atoms with Crippen molar-refractivity contribution in [1.82, 2.24) is 9.97 Å². The quantitative estimate of drug-likeness (QED) is 0.804. The molecule has 1 heterocycles. The van der Waals surface area contributed by atoms with Gasteiger partial charge >= 0.3 is 0 Å². The van der Waals surface area contributed by atoms with Gasteiger partial charge in [-0.15, -0.1) is 0 Å². The molecule has 0 radical (unpaired) electrons. The molecule has 0 aromatic carbocycles. The number of H-pyrrole nitrogens is 1. The molecule has 1 N–H and O–H groups in total. The molecule has 5 heteroatoms. The van der Waals surface area contributed by atoms with E-state index < -0.39 is 5.92 Å². The molecule has 0 aliphatic heterocycles. The summed E-state index contributed by atoms with van der Waals surface area (Å²) in [5.41, 5.74) is 1.97. The van der Waals surface area contributed by atoms with Crippen molar-refractivity contribution in [2.75, 3.05) is 0 Å². The van der Waals surface area contributed by atoms with Crippen LogP contribution in [0.4, 0.5) is 8.78 Å². The zero-order valence-electron chi connectivity index (χ0n) is 10.9. The van der Waals surface area contributed by atoms with Crippen LogP contribution in [0.5, 0.6) is 0 Å². The summed E-state index contributed by atoms with van der Waals surface area (Å²) in [5, 5.41) is 0. The fourth-order valence-corrected chi connectivity index (χ4v) is 3.16. The fraction of sp³-hybridized carbons (Fsp3) is 0.692. The molecule has 0 saturated heterocycles. The predicted molar refractivity (Wildman–Crippen MR) is 69.8 cm³/mol. The van der Waals surface area contributed by atoms with E-state index in [4.69, 9.17) is 12.2 Å². The second-order valence-corrected chi connectivity index (χ2v) is 5.80. The maximum Gasteiger partial charge on any atom is 0.248 e. The van der Waals surface area contributed by atoms with Crippen LogP contribution in [0.25, 0.3) is 0 Å². The van der Waals surface area contributed by atoms with E-state index in [9.17, 15) is 8.78 Å². The van der Waals surface area contributed by atoms with Gasteiger partial charge in [-0.05, 0) is 19.3 Å². The van der Waals surface area contributed by atoms with Crippen LogP contribution in [0.15, 0.2) is 0 Å². The number of halogens is 2. The van der Waals surface area contributed by atoms with Crippen LogP contribution in [0, 0.1) is 11.6 Å².